The van der Waals surface area contributed by atoms with E-state index in [0.717, 1.165) is 4.47 Å². The van der Waals surface area contributed by atoms with E-state index in [2.05, 4.69) is 26.1 Å². The molecule has 0 saturated carbocycles. The topological polar surface area (TPSA) is 59.2 Å². The van der Waals surface area contributed by atoms with E-state index in [0.29, 0.717) is 27.9 Å². The number of carbonyl (C=O) groups is 1. The van der Waals surface area contributed by atoms with E-state index in [1.807, 2.05) is 44.2 Å². The molecule has 26 heavy (non-hydrogen) atoms. The van der Waals surface area contributed by atoms with Crippen molar-refractivity contribution in [3.05, 3.63) is 69.5 Å². The quantitative estimate of drug-likeness (QED) is 0.553. The van der Waals surface area contributed by atoms with Crippen molar-refractivity contribution in [2.45, 2.75) is 26.4 Å². The van der Waals surface area contributed by atoms with Gasteiger partial charge in [-0.1, -0.05) is 45.7 Å². The zero-order valence-corrected chi connectivity index (χ0v) is 16.7. The third-order valence-corrected chi connectivity index (χ3v) is 4.66. The number of benzene rings is 2. The van der Waals surface area contributed by atoms with Gasteiger partial charge in [0.05, 0.1) is 17.1 Å². The molecule has 0 aliphatic carbocycles. The Morgan fingerprint density at radius 1 is 1.19 bits per heavy atom. The summed E-state index contributed by atoms with van der Waals surface area (Å²) in [5, 5.41) is 8.67. The number of hydrogen-bond donors (Lipinski definition) is 0. The van der Waals surface area contributed by atoms with Gasteiger partial charge in [0.2, 0.25) is 11.8 Å². The Kier molecular flexibility index (Phi) is 5.74. The van der Waals surface area contributed by atoms with Gasteiger partial charge in [-0.2, -0.15) is 0 Å². The molecule has 0 fully saturated rings. The Labute approximate surface area is 165 Å². The van der Waals surface area contributed by atoms with E-state index in [1.165, 1.54) is 0 Å². The smallest absolute Gasteiger partial charge is 0.254 e. The summed E-state index contributed by atoms with van der Waals surface area (Å²) in [5.41, 5.74) is 1.27. The van der Waals surface area contributed by atoms with E-state index >= 15 is 0 Å². The molecule has 0 radical (unpaired) electrons. The fraction of sp³-hybridized carbons (Fsp3) is 0.211. The van der Waals surface area contributed by atoms with Crippen LogP contribution in [0, 0.1) is 0 Å². The van der Waals surface area contributed by atoms with E-state index in [4.69, 9.17) is 16.0 Å². The molecule has 5 nitrogen and oxygen atoms in total. The van der Waals surface area contributed by atoms with Gasteiger partial charge in [0, 0.05) is 16.1 Å². The first-order chi connectivity index (χ1) is 12.5. The summed E-state index contributed by atoms with van der Waals surface area (Å²) in [6.07, 6.45) is 0. The predicted octanol–water partition coefficient (Wildman–Crippen LogP) is 5.20. The summed E-state index contributed by atoms with van der Waals surface area (Å²) in [6, 6.07) is 14.5. The Balaban J connectivity index is 1.83. The lowest BCUT2D eigenvalue weighted by molar-refractivity contribution is 0.0672. The molecule has 1 aromatic heterocycles. The summed E-state index contributed by atoms with van der Waals surface area (Å²) in [7, 11) is 0. The zero-order chi connectivity index (χ0) is 18.7. The Morgan fingerprint density at radius 3 is 2.65 bits per heavy atom. The number of rotatable bonds is 5. The van der Waals surface area contributed by atoms with Crippen LogP contribution >= 0.6 is 27.5 Å². The monoisotopic (exact) mass is 433 g/mol. The molecule has 134 valence electrons. The minimum atomic E-state index is -0.0983. The lowest BCUT2D eigenvalue weighted by Crippen LogP contribution is -2.36. The molecule has 0 aliphatic rings. The largest absolute Gasteiger partial charge is 0.419 e. The van der Waals surface area contributed by atoms with Gasteiger partial charge < -0.3 is 9.32 Å². The summed E-state index contributed by atoms with van der Waals surface area (Å²) < 4.78 is 6.58. The maximum Gasteiger partial charge on any atom is 0.254 e. The molecule has 0 N–H and O–H groups in total. The molecule has 0 unspecified atom stereocenters. The van der Waals surface area contributed by atoms with Gasteiger partial charge >= 0.3 is 0 Å². The lowest BCUT2D eigenvalue weighted by atomic mass is 10.1. The van der Waals surface area contributed by atoms with Crippen molar-refractivity contribution in [2.24, 2.45) is 0 Å². The first-order valence-electron chi connectivity index (χ1n) is 8.09. The van der Waals surface area contributed by atoms with Crippen LogP contribution in [0.2, 0.25) is 5.02 Å². The number of aromatic nitrogens is 2. The fourth-order valence-electron chi connectivity index (χ4n) is 2.48. The fourth-order valence-corrected chi connectivity index (χ4v) is 3.10. The molecule has 3 aromatic rings. The second-order valence-electron chi connectivity index (χ2n) is 6.02. The lowest BCUT2D eigenvalue weighted by Gasteiger charge is -2.25. The predicted molar refractivity (Wildman–Crippen MR) is 104 cm³/mol. The van der Waals surface area contributed by atoms with Crippen LogP contribution in [0.15, 0.2) is 57.4 Å². The van der Waals surface area contributed by atoms with Crippen LogP contribution in [0.4, 0.5) is 0 Å². The summed E-state index contributed by atoms with van der Waals surface area (Å²) in [6.45, 7) is 4.11. The number of halogens is 2. The molecule has 2 aromatic carbocycles. The minimum Gasteiger partial charge on any atom is -0.419 e. The highest BCUT2D eigenvalue weighted by Crippen LogP contribution is 2.26. The maximum absolute atomic E-state index is 12.9. The number of amides is 1. The highest BCUT2D eigenvalue weighted by atomic mass is 79.9. The highest BCUT2D eigenvalue weighted by molar-refractivity contribution is 9.10. The molecular weight excluding hydrogens is 418 g/mol. The SMILES string of the molecule is CC(C)N(Cc1nnc(-c2ccccc2Cl)o1)C(=O)c1cccc(Br)c1. The van der Waals surface area contributed by atoms with Crippen LogP contribution in [0.25, 0.3) is 11.5 Å². The molecule has 1 amide bonds. The molecular formula is C19H17BrClN3O2. The summed E-state index contributed by atoms with van der Waals surface area (Å²) >= 11 is 9.57. The molecule has 0 aliphatic heterocycles. The first kappa shape index (κ1) is 18.6. The highest BCUT2D eigenvalue weighted by Gasteiger charge is 2.22. The molecule has 0 saturated heterocycles. The average molecular weight is 435 g/mol. The van der Waals surface area contributed by atoms with Crippen LogP contribution in [-0.2, 0) is 6.54 Å². The number of carbonyl (C=O) groups excluding carboxylic acids is 1. The molecule has 0 bridgehead atoms. The van der Waals surface area contributed by atoms with Crippen molar-refractivity contribution < 1.29 is 9.21 Å². The average Bonchev–Trinajstić information content (AvgIpc) is 3.07. The van der Waals surface area contributed by atoms with Gasteiger partial charge in [-0.3, -0.25) is 4.79 Å². The van der Waals surface area contributed by atoms with E-state index in [-0.39, 0.29) is 18.5 Å². The Morgan fingerprint density at radius 2 is 1.96 bits per heavy atom. The first-order valence-corrected chi connectivity index (χ1v) is 9.26. The molecule has 1 heterocycles. The van der Waals surface area contributed by atoms with Crippen molar-refractivity contribution in [3.63, 3.8) is 0 Å². The van der Waals surface area contributed by atoms with Crippen molar-refractivity contribution in [2.75, 3.05) is 0 Å². The van der Waals surface area contributed by atoms with Crippen molar-refractivity contribution in [1.29, 1.82) is 0 Å². The van der Waals surface area contributed by atoms with E-state index in [9.17, 15) is 4.79 Å². The molecule has 7 heteroatoms. The van der Waals surface area contributed by atoms with Crippen molar-refractivity contribution in [3.8, 4) is 11.5 Å². The van der Waals surface area contributed by atoms with Gasteiger partial charge in [0.1, 0.15) is 0 Å². The van der Waals surface area contributed by atoms with Gasteiger partial charge in [-0.05, 0) is 44.2 Å². The third kappa shape index (κ3) is 4.14. The Hall–Kier alpha value is -2.18. The van der Waals surface area contributed by atoms with Crippen LogP contribution in [0.1, 0.15) is 30.1 Å². The van der Waals surface area contributed by atoms with Crippen molar-refractivity contribution in [1.82, 2.24) is 15.1 Å². The minimum absolute atomic E-state index is 0.0304. The summed E-state index contributed by atoms with van der Waals surface area (Å²) in [5.74, 6) is 0.597. The van der Waals surface area contributed by atoms with Gasteiger partial charge in [-0.15, -0.1) is 10.2 Å². The standard InChI is InChI=1S/C19H17BrClN3O2/c1-12(2)24(19(25)13-6-5-7-14(20)10-13)11-17-22-23-18(26-17)15-8-3-4-9-16(15)21/h3-10,12H,11H2,1-2H3. The van der Waals surface area contributed by atoms with Crippen LogP contribution < -0.4 is 0 Å². The zero-order valence-electron chi connectivity index (χ0n) is 14.3. The molecule has 3 rings (SSSR count). The molecule has 0 atom stereocenters. The van der Waals surface area contributed by atoms with Gasteiger partial charge in [0.15, 0.2) is 0 Å². The van der Waals surface area contributed by atoms with Gasteiger partial charge in [-0.25, -0.2) is 0 Å². The number of nitrogens with zero attached hydrogens (tertiary/aromatic N) is 3. The van der Waals surface area contributed by atoms with Crippen LogP contribution in [0.5, 0.6) is 0 Å². The Bertz CT molecular complexity index is 926. The number of hydrogen-bond acceptors (Lipinski definition) is 4. The van der Waals surface area contributed by atoms with E-state index in [1.54, 1.807) is 23.1 Å². The maximum atomic E-state index is 12.9. The summed E-state index contributed by atoms with van der Waals surface area (Å²) in [4.78, 5) is 14.6. The van der Waals surface area contributed by atoms with E-state index < -0.39 is 0 Å². The van der Waals surface area contributed by atoms with Gasteiger partial charge in [0.25, 0.3) is 5.91 Å². The van der Waals surface area contributed by atoms with Crippen LogP contribution in [0.3, 0.4) is 0 Å². The second kappa shape index (κ2) is 8.01. The second-order valence-corrected chi connectivity index (χ2v) is 7.34. The molecule has 0 spiro atoms. The third-order valence-electron chi connectivity index (χ3n) is 3.83. The van der Waals surface area contributed by atoms with Crippen molar-refractivity contribution >= 4 is 33.4 Å². The van der Waals surface area contributed by atoms with Crippen LogP contribution in [-0.4, -0.2) is 27.0 Å². The normalized spacial score (nSPS) is 11.0.